The van der Waals surface area contributed by atoms with Crippen molar-refractivity contribution in [1.29, 1.82) is 0 Å². The van der Waals surface area contributed by atoms with Crippen LogP contribution in [0.5, 0.6) is 5.75 Å². The lowest BCUT2D eigenvalue weighted by Gasteiger charge is -2.31. The van der Waals surface area contributed by atoms with Crippen molar-refractivity contribution in [3.8, 4) is 5.75 Å². The molecule has 1 aliphatic rings. The number of rotatable bonds is 5. The molecule has 2 heteroatoms. The summed E-state index contributed by atoms with van der Waals surface area (Å²) < 4.78 is 12.0. The SMILES string of the molecule is COc1ccc(C[C@@H]2CCC(c3ccccc3)(c3ccccc3)O2)cc1. The second kappa shape index (κ2) is 7.35. The number of ether oxygens (including phenoxy) is 2. The van der Waals surface area contributed by atoms with Gasteiger partial charge in [0.1, 0.15) is 11.4 Å². The van der Waals surface area contributed by atoms with Gasteiger partial charge in [-0.15, -0.1) is 0 Å². The van der Waals surface area contributed by atoms with Gasteiger partial charge in [0.2, 0.25) is 0 Å². The van der Waals surface area contributed by atoms with Crippen molar-refractivity contribution in [3.63, 3.8) is 0 Å². The second-order valence-corrected chi connectivity index (χ2v) is 6.89. The van der Waals surface area contributed by atoms with Gasteiger partial charge in [-0.1, -0.05) is 72.8 Å². The predicted molar refractivity (Wildman–Crippen MR) is 104 cm³/mol. The first-order valence-electron chi connectivity index (χ1n) is 9.22. The van der Waals surface area contributed by atoms with E-state index in [1.807, 2.05) is 12.1 Å². The summed E-state index contributed by atoms with van der Waals surface area (Å²) in [7, 11) is 1.70. The Kier molecular flexibility index (Phi) is 4.77. The monoisotopic (exact) mass is 344 g/mol. The molecule has 1 fully saturated rings. The number of benzene rings is 3. The smallest absolute Gasteiger partial charge is 0.119 e. The van der Waals surface area contributed by atoms with Crippen LogP contribution in [-0.4, -0.2) is 13.2 Å². The fraction of sp³-hybridized carbons (Fsp3) is 0.250. The zero-order valence-corrected chi connectivity index (χ0v) is 15.1. The second-order valence-electron chi connectivity index (χ2n) is 6.89. The molecular formula is C24H24O2. The normalized spacial score (nSPS) is 18.6. The van der Waals surface area contributed by atoms with Crippen molar-refractivity contribution in [2.45, 2.75) is 31.0 Å². The highest BCUT2D eigenvalue weighted by Crippen LogP contribution is 2.45. The average molecular weight is 344 g/mol. The molecule has 3 aromatic rings. The van der Waals surface area contributed by atoms with Gasteiger partial charge in [0, 0.05) is 0 Å². The molecule has 0 N–H and O–H groups in total. The maximum Gasteiger partial charge on any atom is 0.119 e. The Morgan fingerprint density at radius 1 is 0.846 bits per heavy atom. The van der Waals surface area contributed by atoms with Crippen LogP contribution in [0.15, 0.2) is 84.9 Å². The summed E-state index contributed by atoms with van der Waals surface area (Å²) in [5.41, 5.74) is 3.42. The van der Waals surface area contributed by atoms with Crippen molar-refractivity contribution in [2.24, 2.45) is 0 Å². The molecule has 2 nitrogen and oxygen atoms in total. The van der Waals surface area contributed by atoms with Crippen molar-refractivity contribution in [1.82, 2.24) is 0 Å². The number of hydrogen-bond acceptors (Lipinski definition) is 2. The highest BCUT2D eigenvalue weighted by atomic mass is 16.5. The van der Waals surface area contributed by atoms with Crippen LogP contribution in [0.3, 0.4) is 0 Å². The third kappa shape index (κ3) is 3.25. The van der Waals surface area contributed by atoms with Gasteiger partial charge in [0.05, 0.1) is 13.2 Å². The van der Waals surface area contributed by atoms with Crippen LogP contribution in [-0.2, 0) is 16.8 Å². The molecule has 0 amide bonds. The molecule has 0 bridgehead atoms. The lowest BCUT2D eigenvalue weighted by atomic mass is 9.84. The molecule has 0 aliphatic carbocycles. The maximum atomic E-state index is 6.75. The summed E-state index contributed by atoms with van der Waals surface area (Å²) in [6.07, 6.45) is 3.19. The summed E-state index contributed by atoms with van der Waals surface area (Å²) in [4.78, 5) is 0. The van der Waals surface area contributed by atoms with Crippen molar-refractivity contribution < 1.29 is 9.47 Å². The first-order valence-corrected chi connectivity index (χ1v) is 9.22. The maximum absolute atomic E-state index is 6.75. The largest absolute Gasteiger partial charge is 0.497 e. The molecule has 1 aliphatic heterocycles. The molecule has 132 valence electrons. The Balaban J connectivity index is 1.60. The zero-order valence-electron chi connectivity index (χ0n) is 15.1. The third-order valence-electron chi connectivity index (χ3n) is 5.29. The van der Waals surface area contributed by atoms with E-state index in [0.717, 1.165) is 25.0 Å². The van der Waals surface area contributed by atoms with E-state index in [2.05, 4.69) is 72.8 Å². The van der Waals surface area contributed by atoms with Gasteiger partial charge in [0.15, 0.2) is 0 Å². The quantitative estimate of drug-likeness (QED) is 0.620. The first-order chi connectivity index (χ1) is 12.8. The van der Waals surface area contributed by atoms with E-state index in [9.17, 15) is 0 Å². The molecule has 0 spiro atoms. The zero-order chi connectivity index (χ0) is 17.8. The van der Waals surface area contributed by atoms with Crippen LogP contribution in [0.1, 0.15) is 29.5 Å². The van der Waals surface area contributed by atoms with E-state index >= 15 is 0 Å². The van der Waals surface area contributed by atoms with Gasteiger partial charge in [-0.2, -0.15) is 0 Å². The molecule has 3 aromatic carbocycles. The molecule has 1 atom stereocenters. The van der Waals surface area contributed by atoms with Crippen LogP contribution in [0.4, 0.5) is 0 Å². The van der Waals surface area contributed by atoms with Crippen LogP contribution < -0.4 is 4.74 Å². The van der Waals surface area contributed by atoms with Crippen molar-refractivity contribution >= 4 is 0 Å². The summed E-state index contributed by atoms with van der Waals surface area (Å²) in [6.45, 7) is 0. The third-order valence-corrected chi connectivity index (χ3v) is 5.29. The average Bonchev–Trinajstić information content (AvgIpc) is 3.15. The minimum Gasteiger partial charge on any atom is -0.497 e. The number of methoxy groups -OCH3 is 1. The van der Waals surface area contributed by atoms with Gasteiger partial charge < -0.3 is 9.47 Å². The molecule has 0 unspecified atom stereocenters. The summed E-state index contributed by atoms with van der Waals surface area (Å²) in [5.74, 6) is 0.893. The molecule has 4 rings (SSSR count). The Hall–Kier alpha value is -2.58. The van der Waals surface area contributed by atoms with Crippen LogP contribution in [0, 0.1) is 0 Å². The van der Waals surface area contributed by atoms with E-state index in [0.29, 0.717) is 0 Å². The van der Waals surface area contributed by atoms with E-state index in [1.54, 1.807) is 7.11 Å². The minimum atomic E-state index is -0.348. The highest BCUT2D eigenvalue weighted by Gasteiger charge is 2.42. The molecule has 1 heterocycles. The molecule has 0 saturated carbocycles. The fourth-order valence-electron chi connectivity index (χ4n) is 3.94. The van der Waals surface area contributed by atoms with Gasteiger partial charge >= 0.3 is 0 Å². The molecule has 0 aromatic heterocycles. The van der Waals surface area contributed by atoms with Crippen molar-refractivity contribution in [2.75, 3.05) is 7.11 Å². The van der Waals surface area contributed by atoms with Gasteiger partial charge in [-0.05, 0) is 48.1 Å². The Morgan fingerprint density at radius 2 is 1.42 bits per heavy atom. The Morgan fingerprint density at radius 3 is 1.96 bits per heavy atom. The molecular weight excluding hydrogens is 320 g/mol. The topological polar surface area (TPSA) is 18.5 Å². The molecule has 0 radical (unpaired) electrons. The van der Waals surface area contributed by atoms with Crippen LogP contribution in [0.2, 0.25) is 0 Å². The lowest BCUT2D eigenvalue weighted by molar-refractivity contribution is -0.0159. The first kappa shape index (κ1) is 16.9. The Labute approximate surface area is 155 Å². The summed E-state index contributed by atoms with van der Waals surface area (Å²) in [6, 6.07) is 29.5. The number of hydrogen-bond donors (Lipinski definition) is 0. The van der Waals surface area contributed by atoms with E-state index < -0.39 is 0 Å². The molecule has 1 saturated heterocycles. The van der Waals surface area contributed by atoms with Gasteiger partial charge in [0.25, 0.3) is 0 Å². The fourth-order valence-corrected chi connectivity index (χ4v) is 3.94. The lowest BCUT2D eigenvalue weighted by Crippen LogP contribution is -2.28. The van der Waals surface area contributed by atoms with Gasteiger partial charge in [-0.3, -0.25) is 0 Å². The summed E-state index contributed by atoms with van der Waals surface area (Å²) in [5, 5.41) is 0. The predicted octanol–water partition coefficient (Wildman–Crippen LogP) is 5.36. The van der Waals surface area contributed by atoms with Crippen LogP contribution in [0.25, 0.3) is 0 Å². The van der Waals surface area contributed by atoms with E-state index in [4.69, 9.17) is 9.47 Å². The minimum absolute atomic E-state index is 0.212. The summed E-state index contributed by atoms with van der Waals surface area (Å²) >= 11 is 0. The Bertz CT molecular complexity index is 786. The van der Waals surface area contributed by atoms with Crippen LogP contribution >= 0.6 is 0 Å². The van der Waals surface area contributed by atoms with Crippen molar-refractivity contribution in [3.05, 3.63) is 102 Å². The van der Waals surface area contributed by atoms with E-state index in [1.165, 1.54) is 16.7 Å². The van der Waals surface area contributed by atoms with E-state index in [-0.39, 0.29) is 11.7 Å². The van der Waals surface area contributed by atoms with Gasteiger partial charge in [-0.25, -0.2) is 0 Å². The highest BCUT2D eigenvalue weighted by molar-refractivity contribution is 5.38. The standard InChI is InChI=1S/C24H24O2/c1-25-22-14-12-19(13-15-22)18-23-16-17-24(26-23,20-8-4-2-5-9-20)21-10-6-3-7-11-21/h2-15,23H,16-18H2,1H3/t23-/m0/s1. The molecule has 26 heavy (non-hydrogen) atoms.